The zero-order valence-electron chi connectivity index (χ0n) is 28.1. The topological polar surface area (TPSA) is 128 Å². The number of carbonyl (C=O) groups is 4. The molecular formula is C39H51N3O5. The van der Waals surface area contributed by atoms with E-state index in [4.69, 9.17) is 10.5 Å². The van der Waals surface area contributed by atoms with Crippen LogP contribution in [0.1, 0.15) is 89.3 Å². The zero-order valence-corrected chi connectivity index (χ0v) is 28.1. The fourth-order valence-corrected chi connectivity index (χ4v) is 6.39. The third-order valence-corrected chi connectivity index (χ3v) is 9.49. The predicted molar refractivity (Wildman–Crippen MR) is 186 cm³/mol. The molecule has 0 aliphatic carbocycles. The average molecular weight is 642 g/mol. The number of para-hydroxylation sites is 1. The fourth-order valence-electron chi connectivity index (χ4n) is 6.39. The minimum Gasteiger partial charge on any atom is -0.493 e. The number of amides is 2. The van der Waals surface area contributed by atoms with Crippen LogP contribution < -0.4 is 21.1 Å². The van der Waals surface area contributed by atoms with Gasteiger partial charge in [0.25, 0.3) is 0 Å². The van der Waals surface area contributed by atoms with Crippen molar-refractivity contribution in [3.63, 3.8) is 0 Å². The van der Waals surface area contributed by atoms with E-state index < -0.39 is 17.9 Å². The fraction of sp³-hybridized carbons (Fsp3) is 0.487. The lowest BCUT2D eigenvalue weighted by Gasteiger charge is -2.30. The number of benzene rings is 3. The maximum atomic E-state index is 14.0. The minimum absolute atomic E-state index is 0.00341. The Bertz CT molecular complexity index is 1520. The quantitative estimate of drug-likeness (QED) is 0.141. The van der Waals surface area contributed by atoms with Gasteiger partial charge in [-0.25, -0.2) is 0 Å². The first-order valence-corrected chi connectivity index (χ1v) is 17.3. The van der Waals surface area contributed by atoms with Crippen molar-refractivity contribution in [2.75, 3.05) is 13.2 Å². The van der Waals surface area contributed by atoms with Crippen LogP contribution in [0.4, 0.5) is 0 Å². The van der Waals surface area contributed by atoms with Gasteiger partial charge in [-0.2, -0.15) is 0 Å². The second-order valence-corrected chi connectivity index (χ2v) is 12.9. The third kappa shape index (κ3) is 9.97. The van der Waals surface area contributed by atoms with Gasteiger partial charge in [0.1, 0.15) is 11.5 Å². The van der Waals surface area contributed by atoms with Crippen molar-refractivity contribution >= 4 is 34.2 Å². The van der Waals surface area contributed by atoms with Crippen LogP contribution in [0.3, 0.4) is 0 Å². The van der Waals surface area contributed by atoms with Crippen molar-refractivity contribution in [3.8, 4) is 5.75 Å². The molecule has 5 atom stereocenters. The summed E-state index contributed by atoms with van der Waals surface area (Å²) in [6.07, 6.45) is 4.16. The predicted octanol–water partition coefficient (Wildman–Crippen LogP) is 6.24. The molecule has 1 aliphatic rings. The molecule has 0 radical (unpaired) electrons. The van der Waals surface area contributed by atoms with Gasteiger partial charge >= 0.3 is 0 Å². The highest BCUT2D eigenvalue weighted by Gasteiger charge is 2.34. The monoisotopic (exact) mass is 641 g/mol. The Morgan fingerprint density at radius 2 is 1.64 bits per heavy atom. The lowest BCUT2D eigenvalue weighted by Crippen LogP contribution is -2.49. The molecule has 0 saturated heterocycles. The number of hydrogen-bond donors (Lipinski definition) is 3. The maximum absolute atomic E-state index is 14.0. The van der Waals surface area contributed by atoms with Gasteiger partial charge in [-0.1, -0.05) is 94.3 Å². The van der Waals surface area contributed by atoms with E-state index >= 15 is 0 Å². The highest BCUT2D eigenvalue weighted by Crippen LogP contribution is 2.32. The molecule has 1 aliphatic heterocycles. The summed E-state index contributed by atoms with van der Waals surface area (Å²) in [5, 5.41) is 8.42. The molecule has 3 aromatic rings. The average Bonchev–Trinajstić information content (AvgIpc) is 3.09. The summed E-state index contributed by atoms with van der Waals surface area (Å²) < 4.78 is 5.77. The van der Waals surface area contributed by atoms with Gasteiger partial charge in [-0.05, 0) is 54.1 Å². The van der Waals surface area contributed by atoms with Crippen LogP contribution >= 0.6 is 0 Å². The van der Waals surface area contributed by atoms with E-state index in [2.05, 4.69) is 16.7 Å². The minimum atomic E-state index is -0.767. The Morgan fingerprint density at radius 3 is 2.38 bits per heavy atom. The molecule has 1 heterocycles. The summed E-state index contributed by atoms with van der Waals surface area (Å²) in [5.41, 5.74) is 7.65. The van der Waals surface area contributed by atoms with Gasteiger partial charge in [0, 0.05) is 43.1 Å². The number of hydrogen-bond acceptors (Lipinski definition) is 6. The van der Waals surface area contributed by atoms with Gasteiger partial charge in [-0.15, -0.1) is 0 Å². The molecule has 4 rings (SSSR count). The second-order valence-electron chi connectivity index (χ2n) is 12.9. The number of nitrogens with two attached hydrogens (primary N) is 1. The van der Waals surface area contributed by atoms with Crippen molar-refractivity contribution in [1.29, 1.82) is 0 Å². The van der Waals surface area contributed by atoms with Crippen LogP contribution in [0.15, 0.2) is 66.7 Å². The van der Waals surface area contributed by atoms with E-state index in [1.165, 1.54) is 0 Å². The van der Waals surface area contributed by atoms with Crippen LogP contribution in [0.25, 0.3) is 10.8 Å². The van der Waals surface area contributed by atoms with Crippen molar-refractivity contribution in [2.45, 2.75) is 90.6 Å². The van der Waals surface area contributed by atoms with Crippen LogP contribution in [0.5, 0.6) is 5.75 Å². The van der Waals surface area contributed by atoms with Gasteiger partial charge in [-0.3, -0.25) is 19.2 Å². The van der Waals surface area contributed by atoms with Crippen LogP contribution in [-0.4, -0.2) is 42.6 Å². The summed E-state index contributed by atoms with van der Waals surface area (Å²) >= 11 is 0. The van der Waals surface area contributed by atoms with E-state index in [9.17, 15) is 19.2 Å². The highest BCUT2D eigenvalue weighted by atomic mass is 16.5. The molecule has 252 valence electrons. The Balaban J connectivity index is 1.50. The Labute approximate surface area is 279 Å². The Hall–Kier alpha value is -4.04. The van der Waals surface area contributed by atoms with Crippen LogP contribution in [-0.2, 0) is 25.6 Å². The van der Waals surface area contributed by atoms with Gasteiger partial charge in [0.2, 0.25) is 11.8 Å². The van der Waals surface area contributed by atoms with Crippen molar-refractivity contribution in [2.24, 2.45) is 23.5 Å². The summed E-state index contributed by atoms with van der Waals surface area (Å²) in [4.78, 5) is 54.3. The number of ether oxygens (including phenoxy) is 1. The molecule has 3 aromatic carbocycles. The highest BCUT2D eigenvalue weighted by molar-refractivity contribution is 5.94. The Morgan fingerprint density at radius 1 is 0.894 bits per heavy atom. The van der Waals surface area contributed by atoms with E-state index in [1.54, 1.807) is 6.92 Å². The standard InChI is InChI=1S/C39H51N3O5/c1-4-26(3)37(42-39(46)31(24-32(43)5-2)23-27-17-18-28-12-6-7-13-29(28)22-27)35(44)25-30(14-10-11-20-40)38(45)41-34-19-21-47-36-16-9-8-15-33(34)36/h6-9,12-13,15-18,22,26,30-31,34,37H,4-5,10-11,14,19-21,23-25,40H2,1-3H3,(H,41,45)(H,42,46)/t26-,30+,31+,34-,37-/m0/s1. The number of ketones is 2. The molecule has 0 fully saturated rings. The summed E-state index contributed by atoms with van der Waals surface area (Å²) in [6, 6.07) is 20.9. The van der Waals surface area contributed by atoms with Crippen LogP contribution in [0, 0.1) is 17.8 Å². The van der Waals surface area contributed by atoms with Gasteiger partial charge < -0.3 is 21.1 Å². The molecule has 0 spiro atoms. The van der Waals surface area contributed by atoms with E-state index in [-0.39, 0.29) is 48.2 Å². The molecule has 4 N–H and O–H groups in total. The van der Waals surface area contributed by atoms with E-state index in [0.29, 0.717) is 45.3 Å². The number of Topliss-reactive ketones (excluding diaryl/α,β-unsaturated/α-hetero) is 2. The number of carbonyl (C=O) groups excluding carboxylic acids is 4. The first kappa shape index (κ1) is 35.8. The molecule has 47 heavy (non-hydrogen) atoms. The molecule has 8 heteroatoms. The molecule has 8 nitrogen and oxygen atoms in total. The molecule has 0 unspecified atom stereocenters. The van der Waals surface area contributed by atoms with Gasteiger partial charge in [0.15, 0.2) is 5.78 Å². The molecular weight excluding hydrogens is 590 g/mol. The lowest BCUT2D eigenvalue weighted by molar-refractivity contribution is -0.135. The SMILES string of the molecule is CCC(=O)C[C@@H](Cc1ccc2ccccc2c1)C(=O)N[C@H](C(=O)C[C@@H](CCCCN)C(=O)N[C@H]1CCOc2ccccc21)[C@@H](C)CC. The molecule has 0 aromatic heterocycles. The summed E-state index contributed by atoms with van der Waals surface area (Å²) in [5.74, 6) is -1.19. The zero-order chi connectivity index (χ0) is 33.8. The second kappa shape index (κ2) is 17.8. The number of rotatable bonds is 18. The smallest absolute Gasteiger partial charge is 0.224 e. The number of nitrogens with one attached hydrogen (secondary N) is 2. The first-order chi connectivity index (χ1) is 22.7. The lowest BCUT2D eigenvalue weighted by atomic mass is 9.86. The maximum Gasteiger partial charge on any atom is 0.224 e. The van der Waals surface area contributed by atoms with Crippen molar-refractivity contribution in [3.05, 3.63) is 77.9 Å². The van der Waals surface area contributed by atoms with Gasteiger partial charge in [0.05, 0.1) is 18.7 Å². The molecule has 0 saturated carbocycles. The van der Waals surface area contributed by atoms with Crippen molar-refractivity contribution < 1.29 is 23.9 Å². The van der Waals surface area contributed by atoms with Crippen LogP contribution in [0.2, 0.25) is 0 Å². The first-order valence-electron chi connectivity index (χ1n) is 17.3. The van der Waals surface area contributed by atoms with Crippen molar-refractivity contribution in [1.82, 2.24) is 10.6 Å². The van der Waals surface area contributed by atoms with E-state index in [0.717, 1.165) is 40.5 Å². The number of unbranched alkanes of at least 4 members (excludes halogenated alkanes) is 1. The third-order valence-electron chi connectivity index (χ3n) is 9.49. The van der Waals surface area contributed by atoms with E-state index in [1.807, 2.05) is 74.5 Å². The normalized spacial score (nSPS) is 16.6. The largest absolute Gasteiger partial charge is 0.493 e. The summed E-state index contributed by atoms with van der Waals surface area (Å²) in [7, 11) is 0. The number of fused-ring (bicyclic) bond motifs is 2. The Kier molecular flexibility index (Phi) is 13.5. The molecule has 2 amide bonds. The molecule has 0 bridgehead atoms. The summed E-state index contributed by atoms with van der Waals surface area (Å²) in [6.45, 7) is 6.74.